The van der Waals surface area contributed by atoms with Gasteiger partial charge in [0.1, 0.15) is 11.2 Å². The first-order valence-corrected chi connectivity index (χ1v) is 8.24. The number of nitrogens with zero attached hydrogens (tertiary/aromatic N) is 1. The van der Waals surface area contributed by atoms with Gasteiger partial charge in [0.25, 0.3) is 0 Å². The van der Waals surface area contributed by atoms with Crippen LogP contribution in [0.1, 0.15) is 26.2 Å². The SMILES string of the molecule is [2H]c1c([2H])c([2H])c(-c2ccc3c(c2)oc2c(-c4cc(C([2H])([2H])[2H])c(C([2H])([2H])[2H])cn4)cccc23)c([2H])c1[2H]. The van der Waals surface area contributed by atoms with Gasteiger partial charge < -0.3 is 4.42 Å². The van der Waals surface area contributed by atoms with Crippen LogP contribution in [0.4, 0.5) is 0 Å². The van der Waals surface area contributed by atoms with E-state index in [0.29, 0.717) is 33.1 Å². The van der Waals surface area contributed by atoms with Crippen LogP contribution in [-0.2, 0) is 0 Å². The van der Waals surface area contributed by atoms with Crippen molar-refractivity contribution in [2.24, 2.45) is 0 Å². The Labute approximate surface area is 173 Å². The number of aryl methyl sites for hydroxylation is 2. The number of hydrogen-bond acceptors (Lipinski definition) is 2. The summed E-state index contributed by atoms with van der Waals surface area (Å²) in [7, 11) is 0. The maximum atomic E-state index is 8.27. The summed E-state index contributed by atoms with van der Waals surface area (Å²) < 4.78 is 93.1. The molecule has 0 spiro atoms. The van der Waals surface area contributed by atoms with Crippen molar-refractivity contribution < 1.29 is 19.5 Å². The van der Waals surface area contributed by atoms with Gasteiger partial charge in [-0.3, -0.25) is 4.98 Å². The van der Waals surface area contributed by atoms with Crippen molar-refractivity contribution in [3.8, 4) is 22.4 Å². The van der Waals surface area contributed by atoms with Crippen LogP contribution >= 0.6 is 0 Å². The summed E-state index contributed by atoms with van der Waals surface area (Å²) in [5.41, 5.74) is 1.19. The first-order chi connectivity index (χ1) is 17.7. The fraction of sp³-hybridized carbons (Fsp3) is 0.0800. The van der Waals surface area contributed by atoms with Gasteiger partial charge in [-0.2, -0.15) is 0 Å². The van der Waals surface area contributed by atoms with Gasteiger partial charge in [-0.25, -0.2) is 0 Å². The molecule has 5 aromatic rings. The molecule has 2 heteroatoms. The van der Waals surface area contributed by atoms with Gasteiger partial charge in [0.15, 0.2) is 0 Å². The highest BCUT2D eigenvalue weighted by atomic mass is 16.3. The second kappa shape index (κ2) is 6.10. The van der Waals surface area contributed by atoms with E-state index in [1.165, 1.54) is 6.07 Å². The molecular formula is C25H19NO. The summed E-state index contributed by atoms with van der Waals surface area (Å²) in [6.07, 6.45) is 1.06. The number of benzene rings is 3. The average molecular weight is 361 g/mol. The third-order valence-electron chi connectivity index (χ3n) is 4.47. The van der Waals surface area contributed by atoms with Crippen LogP contribution in [0.5, 0.6) is 0 Å². The second-order valence-electron chi connectivity index (χ2n) is 6.11. The number of pyridine rings is 1. The van der Waals surface area contributed by atoms with Gasteiger partial charge in [0.05, 0.1) is 12.5 Å². The molecule has 0 aliphatic rings. The summed E-state index contributed by atoms with van der Waals surface area (Å²) >= 11 is 0. The first-order valence-electron chi connectivity index (χ1n) is 13.7. The van der Waals surface area contributed by atoms with Gasteiger partial charge >= 0.3 is 0 Å². The minimum Gasteiger partial charge on any atom is -0.455 e. The van der Waals surface area contributed by atoms with Crippen molar-refractivity contribution in [2.75, 3.05) is 0 Å². The number of hydrogen-bond donors (Lipinski definition) is 0. The van der Waals surface area contributed by atoms with Crippen molar-refractivity contribution in [1.29, 1.82) is 0 Å². The van der Waals surface area contributed by atoms with Crippen LogP contribution in [0.25, 0.3) is 44.3 Å². The summed E-state index contributed by atoms with van der Waals surface area (Å²) in [6, 6.07) is 9.41. The Bertz CT molecular complexity index is 1720. The lowest BCUT2D eigenvalue weighted by atomic mass is 10.0. The molecule has 2 nitrogen and oxygen atoms in total. The predicted molar refractivity (Wildman–Crippen MR) is 112 cm³/mol. The zero-order valence-corrected chi connectivity index (χ0v) is 14.0. The molecule has 3 aromatic carbocycles. The molecule has 0 unspecified atom stereocenters. The highest BCUT2D eigenvalue weighted by Gasteiger charge is 2.14. The number of furan rings is 1. The number of para-hydroxylation sites is 1. The van der Waals surface area contributed by atoms with E-state index in [9.17, 15) is 0 Å². The van der Waals surface area contributed by atoms with E-state index >= 15 is 0 Å². The molecule has 0 aliphatic carbocycles. The van der Waals surface area contributed by atoms with Crippen molar-refractivity contribution >= 4 is 21.9 Å². The van der Waals surface area contributed by atoms with E-state index in [1.54, 1.807) is 36.4 Å². The van der Waals surface area contributed by atoms with E-state index in [-0.39, 0.29) is 34.5 Å². The predicted octanol–water partition coefficient (Wildman–Crippen LogP) is 6.93. The van der Waals surface area contributed by atoms with E-state index in [2.05, 4.69) is 4.98 Å². The van der Waals surface area contributed by atoms with Crippen LogP contribution in [0.3, 0.4) is 0 Å². The highest BCUT2D eigenvalue weighted by Crippen LogP contribution is 2.37. The molecule has 0 radical (unpaired) electrons. The summed E-state index contributed by atoms with van der Waals surface area (Å²) in [6.45, 7) is -5.33. The molecule has 0 bridgehead atoms. The normalized spacial score (nSPS) is 18.1. The number of rotatable bonds is 2. The zero-order chi connectivity index (χ0) is 27.7. The fourth-order valence-corrected chi connectivity index (χ4v) is 3.15. The molecule has 0 aliphatic heterocycles. The van der Waals surface area contributed by atoms with E-state index < -0.39 is 31.8 Å². The topological polar surface area (TPSA) is 26.0 Å². The molecule has 0 saturated heterocycles. The third-order valence-corrected chi connectivity index (χ3v) is 4.47. The van der Waals surface area contributed by atoms with Crippen LogP contribution in [0.15, 0.2) is 83.3 Å². The Morgan fingerprint density at radius 1 is 0.889 bits per heavy atom. The van der Waals surface area contributed by atoms with Crippen LogP contribution in [-0.4, -0.2) is 4.98 Å². The lowest BCUT2D eigenvalue weighted by Crippen LogP contribution is -1.88. The van der Waals surface area contributed by atoms with E-state index in [4.69, 9.17) is 19.5 Å². The minimum absolute atomic E-state index is 0.0443. The Morgan fingerprint density at radius 2 is 1.78 bits per heavy atom. The van der Waals surface area contributed by atoms with Gasteiger partial charge in [-0.05, 0) is 60.2 Å². The third kappa shape index (κ3) is 2.61. The van der Waals surface area contributed by atoms with Crippen LogP contribution in [0, 0.1) is 13.7 Å². The first kappa shape index (κ1) is 8.10. The van der Waals surface area contributed by atoms with Gasteiger partial charge in [0.2, 0.25) is 0 Å². The average Bonchev–Trinajstić information content (AvgIpc) is 3.23. The molecule has 27 heavy (non-hydrogen) atoms. The summed E-state index contributed by atoms with van der Waals surface area (Å²) in [4.78, 5) is 4.25. The van der Waals surface area contributed by atoms with Gasteiger partial charge in [-0.15, -0.1) is 0 Å². The molecule has 0 amide bonds. The van der Waals surface area contributed by atoms with Crippen molar-refractivity contribution in [1.82, 2.24) is 4.98 Å². The molecule has 2 heterocycles. The largest absolute Gasteiger partial charge is 0.455 e. The number of fused-ring (bicyclic) bond motifs is 3. The van der Waals surface area contributed by atoms with Crippen molar-refractivity contribution in [3.63, 3.8) is 0 Å². The Balaban J connectivity index is 1.72. The zero-order valence-electron chi connectivity index (χ0n) is 25.0. The lowest BCUT2D eigenvalue weighted by molar-refractivity contribution is 0.670. The number of aromatic nitrogens is 1. The fourth-order valence-electron chi connectivity index (χ4n) is 3.15. The molecule has 0 saturated carbocycles. The van der Waals surface area contributed by atoms with Gasteiger partial charge in [0, 0.05) is 30.8 Å². The maximum absolute atomic E-state index is 8.27. The Kier molecular flexibility index (Phi) is 1.83. The molecule has 0 atom stereocenters. The standard InChI is InChI=1S/C25H19NO/c1-16-13-23(26-15-17(16)2)22-10-6-9-21-20-12-11-19(14-24(20)27-25(21)22)18-7-4-3-5-8-18/h3-15H,1-2H3/i1D3,2D3,3D,4D,5D,7D,8D. The minimum atomic E-state index is -2.68. The second-order valence-corrected chi connectivity index (χ2v) is 6.11. The molecule has 5 rings (SSSR count). The molecule has 0 N–H and O–H groups in total. The maximum Gasteiger partial charge on any atom is 0.144 e. The summed E-state index contributed by atoms with van der Waals surface area (Å²) in [5, 5.41) is 1.37. The quantitative estimate of drug-likeness (QED) is 0.341. The smallest absolute Gasteiger partial charge is 0.144 e. The molecule has 0 fully saturated rings. The Hall–Kier alpha value is -3.39. The van der Waals surface area contributed by atoms with Gasteiger partial charge in [-0.1, -0.05) is 48.4 Å². The highest BCUT2D eigenvalue weighted by molar-refractivity contribution is 6.10. The summed E-state index contributed by atoms with van der Waals surface area (Å²) in [5.74, 6) is 0. The Morgan fingerprint density at radius 3 is 2.63 bits per heavy atom. The van der Waals surface area contributed by atoms with E-state index in [0.717, 1.165) is 6.20 Å². The van der Waals surface area contributed by atoms with Crippen LogP contribution < -0.4 is 0 Å². The van der Waals surface area contributed by atoms with Crippen LogP contribution in [0.2, 0.25) is 0 Å². The van der Waals surface area contributed by atoms with Crippen molar-refractivity contribution in [3.05, 3.63) is 90.0 Å². The van der Waals surface area contributed by atoms with Crippen molar-refractivity contribution in [2.45, 2.75) is 13.7 Å². The molecule has 130 valence electrons. The molecule has 2 aromatic heterocycles. The lowest BCUT2D eigenvalue weighted by Gasteiger charge is -2.05. The molecular weight excluding hydrogens is 330 g/mol. The monoisotopic (exact) mass is 360 g/mol. The van der Waals surface area contributed by atoms with E-state index in [1.807, 2.05) is 0 Å².